The second-order valence-electron chi connectivity index (χ2n) is 3.50. The van der Waals surface area contributed by atoms with Gasteiger partial charge >= 0.3 is 0 Å². The number of allylic oxidation sites excluding steroid dienone is 1. The highest BCUT2D eigenvalue weighted by Crippen LogP contribution is 2.19. The fourth-order valence-electron chi connectivity index (χ4n) is 1.09. The standard InChI is InChI=1S/C11H18/c1-6-7-10(4)8-11(5)9(2)3/h1,10-11H,2,7-8H2,3-5H3/t10-,11+/m1/s1. The van der Waals surface area contributed by atoms with Crippen LogP contribution in [-0.4, -0.2) is 0 Å². The molecule has 0 spiro atoms. The zero-order valence-electron chi connectivity index (χ0n) is 7.85. The quantitative estimate of drug-likeness (QED) is 0.426. The van der Waals surface area contributed by atoms with Crippen molar-refractivity contribution in [1.82, 2.24) is 0 Å². The van der Waals surface area contributed by atoms with Crippen molar-refractivity contribution >= 4 is 0 Å². The van der Waals surface area contributed by atoms with Crippen molar-refractivity contribution in [2.75, 3.05) is 0 Å². The molecule has 0 N–H and O–H groups in total. The van der Waals surface area contributed by atoms with Gasteiger partial charge in [-0.2, -0.15) is 0 Å². The Morgan fingerprint density at radius 3 is 2.45 bits per heavy atom. The van der Waals surface area contributed by atoms with Crippen molar-refractivity contribution in [3.63, 3.8) is 0 Å². The summed E-state index contributed by atoms with van der Waals surface area (Å²) < 4.78 is 0. The molecular formula is C11H18. The van der Waals surface area contributed by atoms with Gasteiger partial charge < -0.3 is 0 Å². The summed E-state index contributed by atoms with van der Waals surface area (Å²) >= 11 is 0. The molecule has 0 aromatic carbocycles. The summed E-state index contributed by atoms with van der Waals surface area (Å²) in [5, 5.41) is 0. The summed E-state index contributed by atoms with van der Waals surface area (Å²) in [6.45, 7) is 10.4. The van der Waals surface area contributed by atoms with Gasteiger partial charge in [0, 0.05) is 6.42 Å². The third-order valence-electron chi connectivity index (χ3n) is 2.06. The van der Waals surface area contributed by atoms with Crippen molar-refractivity contribution in [2.45, 2.75) is 33.6 Å². The SMILES string of the molecule is C#CC[C@@H](C)C[C@H](C)C(=C)C. The maximum atomic E-state index is 5.21. The second kappa shape index (κ2) is 5.02. The predicted octanol–water partition coefficient (Wildman–Crippen LogP) is 3.25. The molecule has 0 aromatic rings. The van der Waals surface area contributed by atoms with E-state index < -0.39 is 0 Å². The monoisotopic (exact) mass is 150 g/mol. The first-order valence-corrected chi connectivity index (χ1v) is 4.16. The summed E-state index contributed by atoms with van der Waals surface area (Å²) in [4.78, 5) is 0. The maximum absolute atomic E-state index is 5.21. The molecule has 0 aromatic heterocycles. The maximum Gasteiger partial charge on any atom is 0.0112 e. The minimum Gasteiger partial charge on any atom is -0.120 e. The summed E-state index contributed by atoms with van der Waals surface area (Å²) in [7, 11) is 0. The molecule has 11 heavy (non-hydrogen) atoms. The molecule has 0 amide bonds. The van der Waals surface area contributed by atoms with E-state index in [0.29, 0.717) is 11.8 Å². The van der Waals surface area contributed by atoms with Crippen molar-refractivity contribution in [3.8, 4) is 12.3 Å². The largest absolute Gasteiger partial charge is 0.120 e. The van der Waals surface area contributed by atoms with Gasteiger partial charge in [0.15, 0.2) is 0 Å². The van der Waals surface area contributed by atoms with E-state index in [-0.39, 0.29) is 0 Å². The van der Waals surface area contributed by atoms with Crippen LogP contribution in [0.15, 0.2) is 12.2 Å². The Morgan fingerprint density at radius 2 is 2.09 bits per heavy atom. The van der Waals surface area contributed by atoms with Crippen molar-refractivity contribution < 1.29 is 0 Å². The molecule has 0 fully saturated rings. The molecule has 2 atom stereocenters. The van der Waals surface area contributed by atoms with E-state index in [0.717, 1.165) is 6.42 Å². The molecule has 0 heteroatoms. The van der Waals surface area contributed by atoms with Crippen LogP contribution in [0.2, 0.25) is 0 Å². The van der Waals surface area contributed by atoms with Gasteiger partial charge in [0.05, 0.1) is 0 Å². The number of hydrogen-bond acceptors (Lipinski definition) is 0. The second-order valence-corrected chi connectivity index (χ2v) is 3.50. The molecule has 0 bridgehead atoms. The van der Waals surface area contributed by atoms with Crippen LogP contribution in [0.25, 0.3) is 0 Å². The Bertz CT molecular complexity index is 159. The first-order chi connectivity index (χ1) is 5.07. The molecule has 0 heterocycles. The van der Waals surface area contributed by atoms with E-state index in [4.69, 9.17) is 6.42 Å². The Hall–Kier alpha value is -0.700. The van der Waals surface area contributed by atoms with E-state index in [1.165, 1.54) is 12.0 Å². The molecule has 0 aliphatic heterocycles. The Balaban J connectivity index is 3.67. The number of hydrogen-bond donors (Lipinski definition) is 0. The van der Waals surface area contributed by atoms with Gasteiger partial charge in [-0.15, -0.1) is 12.3 Å². The highest BCUT2D eigenvalue weighted by atomic mass is 14.1. The van der Waals surface area contributed by atoms with Gasteiger partial charge in [-0.1, -0.05) is 26.0 Å². The van der Waals surface area contributed by atoms with E-state index in [1.807, 2.05) is 0 Å². The normalized spacial score (nSPS) is 15.1. The predicted molar refractivity (Wildman–Crippen MR) is 51.2 cm³/mol. The molecule has 0 aliphatic rings. The molecule has 0 unspecified atom stereocenters. The van der Waals surface area contributed by atoms with Crippen molar-refractivity contribution in [1.29, 1.82) is 0 Å². The molecule has 0 rings (SSSR count). The average molecular weight is 150 g/mol. The van der Waals surface area contributed by atoms with Gasteiger partial charge in [-0.05, 0) is 25.2 Å². The molecule has 0 aliphatic carbocycles. The molecule has 0 saturated carbocycles. The lowest BCUT2D eigenvalue weighted by Crippen LogP contribution is -2.02. The van der Waals surface area contributed by atoms with Crippen LogP contribution in [0.5, 0.6) is 0 Å². The summed E-state index contributed by atoms with van der Waals surface area (Å²) in [6.07, 6.45) is 7.26. The fraction of sp³-hybridized carbons (Fsp3) is 0.636. The molecule has 0 nitrogen and oxygen atoms in total. The average Bonchev–Trinajstić information content (AvgIpc) is 1.87. The first-order valence-electron chi connectivity index (χ1n) is 4.16. The summed E-state index contributed by atoms with van der Waals surface area (Å²) in [5.74, 6) is 3.92. The van der Waals surface area contributed by atoms with Crippen LogP contribution < -0.4 is 0 Å². The van der Waals surface area contributed by atoms with Gasteiger partial charge in [-0.25, -0.2) is 0 Å². The Morgan fingerprint density at radius 1 is 1.55 bits per heavy atom. The minimum absolute atomic E-state index is 0.610. The smallest absolute Gasteiger partial charge is 0.0112 e. The van der Waals surface area contributed by atoms with Crippen LogP contribution in [0.3, 0.4) is 0 Å². The van der Waals surface area contributed by atoms with E-state index in [2.05, 4.69) is 33.3 Å². The number of rotatable bonds is 4. The minimum atomic E-state index is 0.610. The molecule has 0 radical (unpaired) electrons. The third-order valence-corrected chi connectivity index (χ3v) is 2.06. The number of terminal acetylenes is 1. The topological polar surface area (TPSA) is 0 Å². The Kier molecular flexibility index (Phi) is 4.70. The van der Waals surface area contributed by atoms with Crippen LogP contribution in [-0.2, 0) is 0 Å². The van der Waals surface area contributed by atoms with Gasteiger partial charge in [-0.3, -0.25) is 0 Å². The first kappa shape index (κ1) is 10.3. The van der Waals surface area contributed by atoms with E-state index >= 15 is 0 Å². The van der Waals surface area contributed by atoms with Gasteiger partial charge in [0.1, 0.15) is 0 Å². The van der Waals surface area contributed by atoms with E-state index in [9.17, 15) is 0 Å². The molecule has 62 valence electrons. The lowest BCUT2D eigenvalue weighted by Gasteiger charge is -2.14. The van der Waals surface area contributed by atoms with Gasteiger partial charge in [0.2, 0.25) is 0 Å². The van der Waals surface area contributed by atoms with Crippen LogP contribution in [0, 0.1) is 24.2 Å². The fourth-order valence-corrected chi connectivity index (χ4v) is 1.09. The third kappa shape index (κ3) is 4.67. The van der Waals surface area contributed by atoms with Gasteiger partial charge in [0.25, 0.3) is 0 Å². The highest BCUT2D eigenvalue weighted by Gasteiger charge is 2.07. The van der Waals surface area contributed by atoms with Crippen LogP contribution >= 0.6 is 0 Å². The zero-order chi connectivity index (χ0) is 8.85. The lowest BCUT2D eigenvalue weighted by molar-refractivity contribution is 0.463. The molecular weight excluding hydrogens is 132 g/mol. The van der Waals surface area contributed by atoms with Crippen molar-refractivity contribution in [3.05, 3.63) is 12.2 Å². The van der Waals surface area contributed by atoms with E-state index in [1.54, 1.807) is 0 Å². The Labute approximate surface area is 70.7 Å². The molecule has 0 saturated heterocycles. The lowest BCUT2D eigenvalue weighted by atomic mass is 9.91. The van der Waals surface area contributed by atoms with Crippen molar-refractivity contribution in [2.24, 2.45) is 11.8 Å². The highest BCUT2D eigenvalue weighted by molar-refractivity contribution is 4.95. The summed E-state index contributed by atoms with van der Waals surface area (Å²) in [6, 6.07) is 0. The van der Waals surface area contributed by atoms with Crippen LogP contribution in [0.1, 0.15) is 33.6 Å². The zero-order valence-corrected chi connectivity index (χ0v) is 7.85. The summed E-state index contributed by atoms with van der Waals surface area (Å²) in [5.41, 5.74) is 1.26. The van der Waals surface area contributed by atoms with Crippen LogP contribution in [0.4, 0.5) is 0 Å².